The molecule has 1 aromatic heterocycles. The summed E-state index contributed by atoms with van der Waals surface area (Å²) in [5.74, 6) is -1.84. The SMILES string of the molecule is Cl.N=C(N)c1cccc(-n2nc(C(F)(F)F)cc2C(=O)O)c1. The molecule has 0 unspecified atom stereocenters. The molecule has 0 saturated carbocycles. The molecule has 0 radical (unpaired) electrons. The van der Waals surface area contributed by atoms with Gasteiger partial charge < -0.3 is 10.8 Å². The number of alkyl halides is 3. The highest BCUT2D eigenvalue weighted by Gasteiger charge is 2.36. The molecule has 10 heteroatoms. The van der Waals surface area contributed by atoms with E-state index in [1.807, 2.05) is 0 Å². The molecule has 0 saturated heterocycles. The monoisotopic (exact) mass is 334 g/mol. The van der Waals surface area contributed by atoms with E-state index in [1.165, 1.54) is 24.3 Å². The van der Waals surface area contributed by atoms with Gasteiger partial charge in [0.2, 0.25) is 0 Å². The van der Waals surface area contributed by atoms with Crippen LogP contribution in [0.3, 0.4) is 0 Å². The summed E-state index contributed by atoms with van der Waals surface area (Å²) in [6.07, 6.45) is -4.76. The van der Waals surface area contributed by atoms with Crippen LogP contribution in [0.5, 0.6) is 0 Å². The van der Waals surface area contributed by atoms with Crippen LogP contribution in [-0.2, 0) is 6.18 Å². The second kappa shape index (κ2) is 6.06. The first kappa shape index (κ1) is 17.5. The van der Waals surface area contributed by atoms with Crippen LogP contribution < -0.4 is 5.73 Å². The van der Waals surface area contributed by atoms with E-state index < -0.39 is 23.5 Å². The summed E-state index contributed by atoms with van der Waals surface area (Å²) in [5.41, 5.74) is 3.65. The van der Waals surface area contributed by atoms with Crippen molar-refractivity contribution in [3.05, 3.63) is 47.3 Å². The summed E-state index contributed by atoms with van der Waals surface area (Å²) >= 11 is 0. The maximum atomic E-state index is 12.6. The number of amidine groups is 1. The first-order valence-electron chi connectivity index (χ1n) is 5.55. The highest BCUT2D eigenvalue weighted by Crippen LogP contribution is 2.29. The third-order valence-electron chi connectivity index (χ3n) is 2.62. The number of halogens is 4. The zero-order valence-corrected chi connectivity index (χ0v) is 11.6. The summed E-state index contributed by atoms with van der Waals surface area (Å²) in [7, 11) is 0. The van der Waals surface area contributed by atoms with E-state index in [2.05, 4.69) is 5.10 Å². The van der Waals surface area contributed by atoms with E-state index in [0.717, 1.165) is 0 Å². The second-order valence-electron chi connectivity index (χ2n) is 4.09. The molecule has 6 nitrogen and oxygen atoms in total. The lowest BCUT2D eigenvalue weighted by molar-refractivity contribution is -0.141. The molecule has 4 N–H and O–H groups in total. The van der Waals surface area contributed by atoms with Crippen LogP contribution in [0.15, 0.2) is 30.3 Å². The van der Waals surface area contributed by atoms with Gasteiger partial charge in [0, 0.05) is 11.6 Å². The molecule has 0 amide bonds. The lowest BCUT2D eigenvalue weighted by Crippen LogP contribution is -2.13. The molecular weight excluding hydrogens is 325 g/mol. The molecule has 0 atom stereocenters. The Kier molecular flexibility index (Phi) is 4.82. The number of nitrogen functional groups attached to an aromatic ring is 1. The summed E-state index contributed by atoms with van der Waals surface area (Å²) in [6.45, 7) is 0. The van der Waals surface area contributed by atoms with E-state index in [0.29, 0.717) is 10.7 Å². The minimum Gasteiger partial charge on any atom is -0.477 e. The smallest absolute Gasteiger partial charge is 0.435 e. The normalized spacial score (nSPS) is 10.9. The van der Waals surface area contributed by atoms with Crippen molar-refractivity contribution in [2.24, 2.45) is 5.73 Å². The quantitative estimate of drug-likeness (QED) is 0.591. The zero-order valence-electron chi connectivity index (χ0n) is 10.8. The fraction of sp³-hybridized carbons (Fsp3) is 0.0833. The number of carboxylic acid groups (broad SMARTS) is 1. The molecule has 2 aromatic rings. The lowest BCUT2D eigenvalue weighted by atomic mass is 10.2. The Bertz CT molecular complexity index is 727. The molecule has 2 rings (SSSR count). The molecule has 1 heterocycles. The van der Waals surface area contributed by atoms with Gasteiger partial charge >= 0.3 is 12.1 Å². The van der Waals surface area contributed by atoms with Gasteiger partial charge in [0.1, 0.15) is 5.84 Å². The van der Waals surface area contributed by atoms with Crippen LogP contribution in [0, 0.1) is 5.41 Å². The third-order valence-corrected chi connectivity index (χ3v) is 2.62. The van der Waals surface area contributed by atoms with Gasteiger partial charge in [0.25, 0.3) is 0 Å². The maximum absolute atomic E-state index is 12.6. The molecule has 0 aliphatic heterocycles. The van der Waals surface area contributed by atoms with Gasteiger partial charge in [0.15, 0.2) is 11.4 Å². The lowest BCUT2D eigenvalue weighted by Gasteiger charge is -2.06. The van der Waals surface area contributed by atoms with Crippen LogP contribution in [-0.4, -0.2) is 26.7 Å². The van der Waals surface area contributed by atoms with Crippen molar-refractivity contribution in [2.45, 2.75) is 6.18 Å². The first-order valence-corrected chi connectivity index (χ1v) is 5.55. The second-order valence-corrected chi connectivity index (χ2v) is 4.09. The van der Waals surface area contributed by atoms with E-state index in [4.69, 9.17) is 16.2 Å². The standard InChI is InChI=1S/C12H9F3N4O2.ClH/c13-12(14,15)9-5-8(11(20)21)19(18-9)7-3-1-2-6(4-7)10(16)17;/h1-5H,(H3,16,17)(H,20,21);1H. The van der Waals surface area contributed by atoms with Gasteiger partial charge in [-0.25, -0.2) is 9.48 Å². The number of nitrogens with two attached hydrogens (primary N) is 1. The Morgan fingerprint density at radius 2 is 1.95 bits per heavy atom. The van der Waals surface area contributed by atoms with E-state index in [1.54, 1.807) is 0 Å². The molecule has 118 valence electrons. The number of benzene rings is 1. The number of aromatic nitrogens is 2. The molecule has 0 aliphatic carbocycles. The van der Waals surface area contributed by atoms with Crippen molar-refractivity contribution in [1.29, 1.82) is 5.41 Å². The van der Waals surface area contributed by atoms with Gasteiger partial charge in [-0.15, -0.1) is 12.4 Å². The Hall–Kier alpha value is -2.55. The predicted molar refractivity (Wildman–Crippen MR) is 73.8 cm³/mol. The first-order chi connectivity index (χ1) is 9.70. The number of hydrogen-bond acceptors (Lipinski definition) is 3. The summed E-state index contributed by atoms with van der Waals surface area (Å²) in [6, 6.07) is 6.00. The van der Waals surface area contributed by atoms with Gasteiger partial charge in [-0.3, -0.25) is 5.41 Å². The average molecular weight is 335 g/mol. The summed E-state index contributed by atoms with van der Waals surface area (Å²) in [5, 5.41) is 19.6. The maximum Gasteiger partial charge on any atom is 0.435 e. The number of carbonyl (C=O) groups is 1. The van der Waals surface area contributed by atoms with Crippen molar-refractivity contribution in [3.63, 3.8) is 0 Å². The Morgan fingerprint density at radius 1 is 1.32 bits per heavy atom. The molecule has 0 bridgehead atoms. The van der Waals surface area contributed by atoms with Crippen LogP contribution in [0.4, 0.5) is 13.2 Å². The minimum absolute atomic E-state index is 0. The van der Waals surface area contributed by atoms with Crippen molar-refractivity contribution in [1.82, 2.24) is 9.78 Å². The fourth-order valence-corrected chi connectivity index (χ4v) is 1.67. The predicted octanol–water partition coefficient (Wildman–Crippen LogP) is 2.30. The van der Waals surface area contributed by atoms with Crippen LogP contribution in [0.25, 0.3) is 5.69 Å². The van der Waals surface area contributed by atoms with Crippen molar-refractivity contribution in [3.8, 4) is 5.69 Å². The van der Waals surface area contributed by atoms with Gasteiger partial charge in [-0.2, -0.15) is 18.3 Å². The van der Waals surface area contributed by atoms with Crippen LogP contribution >= 0.6 is 12.4 Å². The summed E-state index contributed by atoms with van der Waals surface area (Å²) < 4.78 is 38.6. The van der Waals surface area contributed by atoms with E-state index in [-0.39, 0.29) is 29.5 Å². The molecular formula is C12H10ClF3N4O2. The fourth-order valence-electron chi connectivity index (χ4n) is 1.67. The number of nitrogens with one attached hydrogen (secondary N) is 1. The largest absolute Gasteiger partial charge is 0.477 e. The van der Waals surface area contributed by atoms with Crippen molar-refractivity contribution in [2.75, 3.05) is 0 Å². The number of carboxylic acids is 1. The van der Waals surface area contributed by atoms with Crippen molar-refractivity contribution < 1.29 is 23.1 Å². The number of rotatable bonds is 3. The highest BCUT2D eigenvalue weighted by molar-refractivity contribution is 5.95. The average Bonchev–Trinajstić information content (AvgIpc) is 2.84. The van der Waals surface area contributed by atoms with Crippen molar-refractivity contribution >= 4 is 24.2 Å². The van der Waals surface area contributed by atoms with Gasteiger partial charge in [-0.1, -0.05) is 12.1 Å². The van der Waals surface area contributed by atoms with Gasteiger partial charge in [-0.05, 0) is 12.1 Å². The molecule has 0 fully saturated rings. The number of aromatic carboxylic acids is 1. The Labute approximate surface area is 128 Å². The topological polar surface area (TPSA) is 105 Å². The number of hydrogen-bond donors (Lipinski definition) is 3. The van der Waals surface area contributed by atoms with Crippen LogP contribution in [0.2, 0.25) is 0 Å². The zero-order chi connectivity index (χ0) is 15.8. The Balaban J connectivity index is 0.00000242. The molecule has 22 heavy (non-hydrogen) atoms. The number of nitrogens with zero attached hydrogens (tertiary/aromatic N) is 2. The molecule has 0 spiro atoms. The van der Waals surface area contributed by atoms with E-state index >= 15 is 0 Å². The minimum atomic E-state index is -4.76. The van der Waals surface area contributed by atoms with Crippen LogP contribution in [0.1, 0.15) is 21.7 Å². The highest BCUT2D eigenvalue weighted by atomic mass is 35.5. The van der Waals surface area contributed by atoms with E-state index in [9.17, 15) is 18.0 Å². The summed E-state index contributed by atoms with van der Waals surface area (Å²) in [4.78, 5) is 11.1. The molecule has 1 aromatic carbocycles. The third kappa shape index (κ3) is 3.37. The van der Waals surface area contributed by atoms with Gasteiger partial charge in [0.05, 0.1) is 5.69 Å². The molecule has 0 aliphatic rings. The Morgan fingerprint density at radius 3 is 2.45 bits per heavy atom.